The molecule has 0 bridgehead atoms. The van der Waals surface area contributed by atoms with Crippen LogP contribution >= 0.6 is 34.4 Å². The van der Waals surface area contributed by atoms with Gasteiger partial charge in [-0.1, -0.05) is 22.6 Å². The topological polar surface area (TPSA) is 82.1 Å². The molecule has 2 heterocycles. The smallest absolute Gasteiger partial charge is 0.431 e. The maximum absolute atomic E-state index is 12.7. The van der Waals surface area contributed by atoms with Crippen LogP contribution in [0.25, 0.3) is 0 Å². The summed E-state index contributed by atoms with van der Waals surface area (Å²) in [5.41, 5.74) is 0. The molecule has 136 valence electrons. The van der Waals surface area contributed by atoms with E-state index in [1.165, 1.54) is 13.8 Å². The van der Waals surface area contributed by atoms with E-state index in [-0.39, 0.29) is 21.3 Å². The average molecular weight is 471 g/mol. The molecule has 1 amide bonds. The lowest BCUT2D eigenvalue weighted by atomic mass is 9.98. The summed E-state index contributed by atoms with van der Waals surface area (Å²) in [4.78, 5) is 37.9. The number of nitrogens with zero attached hydrogens (tertiary/aromatic N) is 1. The number of hydrogen-bond acceptors (Lipinski definition) is 7. The molecule has 0 aromatic rings. The summed E-state index contributed by atoms with van der Waals surface area (Å²) in [6, 6.07) is -0.713. The molecule has 0 aromatic heterocycles. The van der Waals surface area contributed by atoms with Gasteiger partial charge < -0.3 is 19.1 Å². The molecule has 24 heavy (non-hydrogen) atoms. The fourth-order valence-electron chi connectivity index (χ4n) is 2.68. The Morgan fingerprint density at radius 1 is 1.29 bits per heavy atom. The van der Waals surface area contributed by atoms with Crippen LogP contribution in [-0.4, -0.2) is 54.9 Å². The first-order valence-electron chi connectivity index (χ1n) is 7.62. The predicted octanol–water partition coefficient (Wildman–Crippen LogP) is 2.69. The maximum Gasteiger partial charge on any atom is 0.511 e. The van der Waals surface area contributed by atoms with Crippen LogP contribution in [0.15, 0.2) is 0 Å². The van der Waals surface area contributed by atoms with Gasteiger partial charge >= 0.3 is 12.1 Å². The van der Waals surface area contributed by atoms with Crippen LogP contribution in [0.2, 0.25) is 0 Å². The van der Waals surface area contributed by atoms with Crippen LogP contribution in [0.3, 0.4) is 0 Å². The Hall–Kier alpha value is -0.710. The van der Waals surface area contributed by atoms with Crippen molar-refractivity contribution in [3.8, 4) is 0 Å². The number of fused-ring (bicyclic) bond motifs is 1. The molecule has 7 nitrogen and oxygen atoms in total. The van der Waals surface area contributed by atoms with Crippen molar-refractivity contribution in [3.05, 3.63) is 0 Å². The van der Waals surface area contributed by atoms with Crippen molar-refractivity contribution >= 4 is 52.4 Å². The van der Waals surface area contributed by atoms with Gasteiger partial charge in [0.25, 0.3) is 5.79 Å². The highest BCUT2D eigenvalue weighted by molar-refractivity contribution is 14.1. The molecule has 2 fully saturated rings. The summed E-state index contributed by atoms with van der Waals surface area (Å²) in [6.45, 7) is 10.1. The molecule has 0 N–H and O–H groups in total. The standard InChI is InChI=1S/C15H22INO6S/c1-7(2)21-13(20)23-15(5,6)22-12(19)9-14(3,4)24-11-8(16)10(18)17(9)11/h7-9,11H,1-6H3/t8-,9+,11-/m1/s1. The Bertz CT molecular complexity index is 564. The number of carbonyl (C=O) groups excluding carboxylic acids is 3. The van der Waals surface area contributed by atoms with Gasteiger partial charge in [0, 0.05) is 18.6 Å². The average Bonchev–Trinajstić information content (AvgIpc) is 2.64. The molecule has 0 radical (unpaired) electrons. The molecular weight excluding hydrogens is 449 g/mol. The summed E-state index contributed by atoms with van der Waals surface area (Å²) in [5.74, 6) is -2.15. The molecule has 0 aliphatic carbocycles. The third-order valence-electron chi connectivity index (χ3n) is 3.61. The van der Waals surface area contributed by atoms with E-state index < -0.39 is 28.7 Å². The molecule has 0 aromatic carbocycles. The van der Waals surface area contributed by atoms with E-state index in [9.17, 15) is 14.4 Å². The molecule has 2 aliphatic rings. The van der Waals surface area contributed by atoms with E-state index in [0.29, 0.717) is 0 Å². The van der Waals surface area contributed by atoms with E-state index in [1.807, 2.05) is 13.8 Å². The van der Waals surface area contributed by atoms with Gasteiger partial charge in [-0.05, 0) is 27.7 Å². The Morgan fingerprint density at radius 3 is 2.42 bits per heavy atom. The molecule has 9 heteroatoms. The van der Waals surface area contributed by atoms with Gasteiger partial charge in [0.15, 0.2) is 0 Å². The lowest BCUT2D eigenvalue weighted by molar-refractivity contribution is -0.208. The second-order valence-corrected chi connectivity index (χ2v) is 10.1. The quantitative estimate of drug-likeness (QED) is 0.205. The predicted molar refractivity (Wildman–Crippen MR) is 96.8 cm³/mol. The van der Waals surface area contributed by atoms with Gasteiger partial charge in [0.2, 0.25) is 5.91 Å². The van der Waals surface area contributed by atoms with Crippen molar-refractivity contribution in [2.45, 2.75) is 73.5 Å². The van der Waals surface area contributed by atoms with Crippen molar-refractivity contribution in [3.63, 3.8) is 0 Å². The van der Waals surface area contributed by atoms with Crippen LogP contribution in [0.4, 0.5) is 4.79 Å². The van der Waals surface area contributed by atoms with Crippen LogP contribution in [0, 0.1) is 0 Å². The van der Waals surface area contributed by atoms with Crippen molar-refractivity contribution in [1.82, 2.24) is 4.90 Å². The number of alkyl halides is 1. The number of esters is 1. The van der Waals surface area contributed by atoms with Gasteiger partial charge in [0.05, 0.1) is 6.10 Å². The molecule has 0 spiro atoms. The Kier molecular flexibility index (Phi) is 5.35. The number of carbonyl (C=O) groups is 3. The van der Waals surface area contributed by atoms with Crippen molar-refractivity contribution in [2.75, 3.05) is 0 Å². The van der Waals surface area contributed by atoms with Gasteiger partial charge in [-0.25, -0.2) is 9.59 Å². The molecule has 3 atom stereocenters. The number of rotatable bonds is 4. The molecule has 2 rings (SSSR count). The molecule has 0 saturated carbocycles. The van der Waals surface area contributed by atoms with Gasteiger partial charge in [-0.2, -0.15) is 0 Å². The first-order valence-corrected chi connectivity index (χ1v) is 9.75. The van der Waals surface area contributed by atoms with E-state index in [1.54, 1.807) is 30.5 Å². The highest BCUT2D eigenvalue weighted by atomic mass is 127. The number of amides is 1. The highest BCUT2D eigenvalue weighted by Crippen LogP contribution is 2.53. The SMILES string of the molecule is CC(C)OC(=O)OC(C)(C)OC(=O)[C@@H]1N2C(=O)[C@@H](I)[C@H]2SC1(C)C. The molecule has 2 saturated heterocycles. The minimum absolute atomic E-state index is 0.0272. The van der Waals surface area contributed by atoms with E-state index in [0.717, 1.165) is 0 Å². The zero-order chi connectivity index (χ0) is 18.4. The molecular formula is C15H22INO6S. The second-order valence-electron chi connectivity index (χ2n) is 7.00. The van der Waals surface area contributed by atoms with Crippen LogP contribution in [0.5, 0.6) is 0 Å². The van der Waals surface area contributed by atoms with E-state index in [4.69, 9.17) is 14.2 Å². The molecule has 0 unspecified atom stereocenters. The summed E-state index contributed by atoms with van der Waals surface area (Å²) >= 11 is 3.67. The number of β-lactam (4-membered cyclic amide) rings is 1. The summed E-state index contributed by atoms with van der Waals surface area (Å²) < 4.78 is 14.7. The lowest BCUT2D eigenvalue weighted by Crippen LogP contribution is -2.64. The zero-order valence-corrected chi connectivity index (χ0v) is 17.5. The maximum atomic E-state index is 12.7. The summed E-state index contributed by atoms with van der Waals surface area (Å²) in [6.07, 6.45) is -1.25. The van der Waals surface area contributed by atoms with Crippen LogP contribution < -0.4 is 0 Å². The first-order chi connectivity index (χ1) is 10.9. The van der Waals surface area contributed by atoms with Crippen molar-refractivity contribution in [1.29, 1.82) is 0 Å². The van der Waals surface area contributed by atoms with E-state index in [2.05, 4.69) is 22.6 Å². The Balaban J connectivity index is 2.05. The fraction of sp³-hybridized carbons (Fsp3) is 0.800. The van der Waals surface area contributed by atoms with Crippen molar-refractivity contribution < 1.29 is 28.6 Å². The number of ether oxygens (including phenoxy) is 3. The minimum atomic E-state index is -1.49. The second kappa shape index (κ2) is 6.54. The lowest BCUT2D eigenvalue weighted by Gasteiger charge is -2.41. The van der Waals surface area contributed by atoms with Gasteiger partial charge in [0.1, 0.15) is 15.3 Å². The Morgan fingerprint density at radius 2 is 1.88 bits per heavy atom. The van der Waals surface area contributed by atoms with Gasteiger partial charge in [-0.15, -0.1) is 11.8 Å². The monoisotopic (exact) mass is 471 g/mol. The normalized spacial score (nSPS) is 28.2. The largest absolute Gasteiger partial charge is 0.511 e. The Labute approximate surface area is 159 Å². The molecule has 2 aliphatic heterocycles. The van der Waals surface area contributed by atoms with Crippen LogP contribution in [-0.2, 0) is 23.8 Å². The summed E-state index contributed by atoms with van der Waals surface area (Å²) in [5, 5.41) is -0.0272. The zero-order valence-electron chi connectivity index (χ0n) is 14.5. The third-order valence-corrected chi connectivity index (χ3v) is 6.88. The minimum Gasteiger partial charge on any atom is -0.431 e. The van der Waals surface area contributed by atoms with Crippen LogP contribution in [0.1, 0.15) is 41.5 Å². The third kappa shape index (κ3) is 3.76. The van der Waals surface area contributed by atoms with Gasteiger partial charge in [-0.3, -0.25) is 4.79 Å². The first kappa shape index (κ1) is 19.6. The van der Waals surface area contributed by atoms with E-state index >= 15 is 0 Å². The summed E-state index contributed by atoms with van der Waals surface area (Å²) in [7, 11) is 0. The number of halogens is 1. The number of hydrogen-bond donors (Lipinski definition) is 0. The highest BCUT2D eigenvalue weighted by Gasteiger charge is 2.63. The number of thioether (sulfide) groups is 1. The van der Waals surface area contributed by atoms with Crippen molar-refractivity contribution in [2.24, 2.45) is 0 Å². The fourth-order valence-corrected chi connectivity index (χ4v) is 5.33.